The predicted octanol–water partition coefficient (Wildman–Crippen LogP) is 3.69. The van der Waals surface area contributed by atoms with Crippen LogP contribution >= 0.6 is 24.0 Å². The molecule has 0 unspecified atom stereocenters. The molecule has 0 atom stereocenters. The van der Waals surface area contributed by atoms with Crippen LogP contribution in [0.1, 0.15) is 12.5 Å². The van der Waals surface area contributed by atoms with Crippen LogP contribution in [0.3, 0.4) is 0 Å². The van der Waals surface area contributed by atoms with Crippen molar-refractivity contribution in [2.45, 2.75) is 13.5 Å². The quantitative estimate of drug-likeness (QED) is 0.176. The first-order valence-electron chi connectivity index (χ1n) is 8.21. The van der Waals surface area contributed by atoms with Crippen LogP contribution in [-0.4, -0.2) is 25.0 Å². The van der Waals surface area contributed by atoms with Gasteiger partial charge in [-0.15, -0.1) is 24.0 Å². The highest BCUT2D eigenvalue weighted by Gasteiger charge is 2.15. The van der Waals surface area contributed by atoms with Gasteiger partial charge in [0, 0.05) is 12.1 Å². The van der Waals surface area contributed by atoms with Crippen LogP contribution in [0.25, 0.3) is 0 Å². The van der Waals surface area contributed by atoms with E-state index in [-0.39, 0.29) is 42.0 Å². The van der Waals surface area contributed by atoms with E-state index in [1.165, 1.54) is 0 Å². The Labute approximate surface area is 180 Å². The molecule has 5 nitrogen and oxygen atoms in total. The van der Waals surface area contributed by atoms with Crippen molar-refractivity contribution in [3.05, 3.63) is 65.0 Å². The van der Waals surface area contributed by atoms with Gasteiger partial charge < -0.3 is 16.0 Å². The summed E-state index contributed by atoms with van der Waals surface area (Å²) in [5.74, 6) is -6.47. The van der Waals surface area contributed by atoms with Crippen LogP contribution < -0.4 is 16.0 Å². The van der Waals surface area contributed by atoms with Gasteiger partial charge in [-0.3, -0.25) is 4.79 Å². The maximum atomic E-state index is 13.6. The maximum Gasteiger partial charge on any atom is 0.243 e. The van der Waals surface area contributed by atoms with Crippen molar-refractivity contribution in [2.24, 2.45) is 4.99 Å². The van der Waals surface area contributed by atoms with Crippen LogP contribution in [-0.2, 0) is 11.3 Å². The molecule has 0 spiro atoms. The Morgan fingerprint density at radius 1 is 0.966 bits per heavy atom. The summed E-state index contributed by atoms with van der Waals surface area (Å²) in [4.78, 5) is 15.9. The molecule has 2 aromatic carbocycles. The number of amides is 1. The largest absolute Gasteiger partial charge is 0.357 e. The molecule has 1 amide bonds. The summed E-state index contributed by atoms with van der Waals surface area (Å²) >= 11 is 0. The van der Waals surface area contributed by atoms with E-state index < -0.39 is 47.2 Å². The van der Waals surface area contributed by atoms with E-state index in [4.69, 9.17) is 0 Å². The van der Waals surface area contributed by atoms with Crippen molar-refractivity contribution in [2.75, 3.05) is 18.4 Å². The summed E-state index contributed by atoms with van der Waals surface area (Å²) in [7, 11) is 0. The summed E-state index contributed by atoms with van der Waals surface area (Å²) in [6.07, 6.45) is 0. The van der Waals surface area contributed by atoms with Crippen molar-refractivity contribution in [1.29, 1.82) is 0 Å². The smallest absolute Gasteiger partial charge is 0.243 e. The van der Waals surface area contributed by atoms with E-state index in [9.17, 15) is 26.7 Å². The molecule has 0 aliphatic carbocycles. The molecule has 158 valence electrons. The number of nitrogens with zero attached hydrogens (tertiary/aromatic N) is 1. The van der Waals surface area contributed by atoms with Crippen molar-refractivity contribution in [3.8, 4) is 0 Å². The fourth-order valence-corrected chi connectivity index (χ4v) is 2.15. The average molecular weight is 528 g/mol. The summed E-state index contributed by atoms with van der Waals surface area (Å²) in [6.45, 7) is 1.57. The minimum absolute atomic E-state index is 0. The number of benzene rings is 2. The van der Waals surface area contributed by atoms with Crippen molar-refractivity contribution in [1.82, 2.24) is 10.6 Å². The second-order valence-corrected chi connectivity index (χ2v) is 5.56. The van der Waals surface area contributed by atoms with Crippen LogP contribution in [0.15, 0.2) is 35.3 Å². The molecule has 0 radical (unpaired) electrons. The molecule has 2 aromatic rings. The Balaban J connectivity index is 0.00000420. The standard InChI is InChI=1S/C18H17F5N4O.HI/c1-2-24-18(25-8-10-7-11(19)3-4-12(10)20)26-9-15(28)27-14-6-5-13(21)16(22)17(14)23;/h3-7H,2,8-9H2,1H3,(H,27,28)(H2,24,25,26);1H. The zero-order valence-electron chi connectivity index (χ0n) is 15.2. The van der Waals surface area contributed by atoms with Crippen molar-refractivity contribution in [3.63, 3.8) is 0 Å². The fourth-order valence-electron chi connectivity index (χ4n) is 2.15. The van der Waals surface area contributed by atoms with Gasteiger partial charge >= 0.3 is 0 Å². The Kier molecular flexibility index (Phi) is 9.78. The van der Waals surface area contributed by atoms with Gasteiger partial charge in [-0.1, -0.05) is 0 Å². The van der Waals surface area contributed by atoms with Gasteiger partial charge in [0.2, 0.25) is 5.91 Å². The summed E-state index contributed by atoms with van der Waals surface area (Å²) < 4.78 is 66.5. The number of carbonyl (C=O) groups is 1. The molecule has 0 heterocycles. The number of guanidine groups is 1. The number of carbonyl (C=O) groups excluding carboxylic acids is 1. The van der Waals surface area contributed by atoms with Crippen LogP contribution in [0, 0.1) is 29.1 Å². The SMILES string of the molecule is CCNC(=NCc1cc(F)ccc1F)NCC(=O)Nc1ccc(F)c(F)c1F.I. The monoisotopic (exact) mass is 528 g/mol. The number of halogens is 6. The molecule has 0 saturated heterocycles. The maximum absolute atomic E-state index is 13.6. The van der Waals surface area contributed by atoms with Crippen LogP contribution in [0.4, 0.5) is 27.6 Å². The first-order valence-corrected chi connectivity index (χ1v) is 8.21. The predicted molar refractivity (Wildman–Crippen MR) is 110 cm³/mol. The molecule has 0 fully saturated rings. The van der Waals surface area contributed by atoms with Crippen molar-refractivity contribution < 1.29 is 26.7 Å². The lowest BCUT2D eigenvalue weighted by Gasteiger charge is -2.12. The number of aliphatic imine (C=N–C) groups is 1. The third kappa shape index (κ3) is 7.15. The van der Waals surface area contributed by atoms with E-state index in [0.29, 0.717) is 12.6 Å². The zero-order chi connectivity index (χ0) is 20.7. The molecular formula is C18H18F5IN4O. The van der Waals surface area contributed by atoms with E-state index >= 15 is 0 Å². The molecule has 0 bridgehead atoms. The van der Waals surface area contributed by atoms with Gasteiger partial charge in [-0.05, 0) is 37.3 Å². The average Bonchev–Trinajstić information content (AvgIpc) is 2.67. The van der Waals surface area contributed by atoms with Gasteiger partial charge in [0.1, 0.15) is 11.6 Å². The first kappa shape index (κ1) is 24.6. The minimum Gasteiger partial charge on any atom is -0.357 e. The molecule has 29 heavy (non-hydrogen) atoms. The molecule has 0 aliphatic heterocycles. The summed E-state index contributed by atoms with van der Waals surface area (Å²) in [5, 5.41) is 7.49. The number of hydrogen-bond acceptors (Lipinski definition) is 2. The Hall–Kier alpha value is -2.44. The highest BCUT2D eigenvalue weighted by molar-refractivity contribution is 14.0. The summed E-state index contributed by atoms with van der Waals surface area (Å²) in [5.41, 5.74) is -0.500. The second-order valence-electron chi connectivity index (χ2n) is 5.56. The molecular weight excluding hydrogens is 510 g/mol. The van der Waals surface area contributed by atoms with Gasteiger partial charge in [-0.25, -0.2) is 26.9 Å². The van der Waals surface area contributed by atoms with Gasteiger partial charge in [0.15, 0.2) is 23.4 Å². The Morgan fingerprint density at radius 3 is 2.34 bits per heavy atom. The fraction of sp³-hybridized carbons (Fsp3) is 0.222. The molecule has 2 rings (SSSR count). The van der Waals surface area contributed by atoms with Gasteiger partial charge in [-0.2, -0.15) is 0 Å². The van der Waals surface area contributed by atoms with E-state index in [1.54, 1.807) is 6.92 Å². The van der Waals surface area contributed by atoms with Crippen molar-refractivity contribution >= 4 is 41.5 Å². The second kappa shape index (κ2) is 11.5. The third-order valence-electron chi connectivity index (χ3n) is 3.49. The van der Waals surface area contributed by atoms with Gasteiger partial charge in [0.05, 0.1) is 18.8 Å². The third-order valence-corrected chi connectivity index (χ3v) is 3.49. The highest BCUT2D eigenvalue weighted by atomic mass is 127. The lowest BCUT2D eigenvalue weighted by atomic mass is 10.2. The molecule has 0 saturated carbocycles. The first-order chi connectivity index (χ1) is 13.3. The summed E-state index contributed by atoms with van der Waals surface area (Å²) in [6, 6.07) is 4.53. The van der Waals surface area contributed by atoms with E-state index in [1.807, 2.05) is 0 Å². The van der Waals surface area contributed by atoms with E-state index in [2.05, 4.69) is 20.9 Å². The zero-order valence-corrected chi connectivity index (χ0v) is 17.5. The van der Waals surface area contributed by atoms with Crippen LogP contribution in [0.5, 0.6) is 0 Å². The molecule has 0 aliphatic rings. The number of rotatable bonds is 6. The lowest BCUT2D eigenvalue weighted by molar-refractivity contribution is -0.115. The van der Waals surface area contributed by atoms with Gasteiger partial charge in [0.25, 0.3) is 0 Å². The number of nitrogens with one attached hydrogen (secondary N) is 3. The molecule has 11 heteroatoms. The van der Waals surface area contributed by atoms with Crippen LogP contribution in [0.2, 0.25) is 0 Å². The molecule has 0 aromatic heterocycles. The normalized spacial score (nSPS) is 10.9. The lowest BCUT2D eigenvalue weighted by Crippen LogP contribution is -2.41. The Morgan fingerprint density at radius 2 is 1.66 bits per heavy atom. The number of hydrogen-bond donors (Lipinski definition) is 3. The van der Waals surface area contributed by atoms with E-state index in [0.717, 1.165) is 24.3 Å². The number of anilines is 1. The topological polar surface area (TPSA) is 65.5 Å². The minimum atomic E-state index is -1.70. The molecule has 3 N–H and O–H groups in total. The highest BCUT2D eigenvalue weighted by Crippen LogP contribution is 2.19. The Bertz CT molecular complexity index is 895.